The fourth-order valence-electron chi connectivity index (χ4n) is 3.46. The first-order valence-corrected chi connectivity index (χ1v) is 9.41. The Labute approximate surface area is 164 Å². The Morgan fingerprint density at radius 3 is 2.39 bits per heavy atom. The van der Waals surface area contributed by atoms with E-state index < -0.39 is 30.3 Å². The van der Waals surface area contributed by atoms with Crippen LogP contribution in [0.2, 0.25) is 0 Å². The Balaban J connectivity index is 1.42. The number of esters is 1. The third kappa shape index (κ3) is 4.25. The number of rotatable bonds is 6. The van der Waals surface area contributed by atoms with Crippen LogP contribution in [0.1, 0.15) is 29.8 Å². The second kappa shape index (κ2) is 8.01. The molecule has 0 saturated carbocycles. The Hall–Kier alpha value is -2.25. The third-order valence-electron chi connectivity index (χ3n) is 4.76. The van der Waals surface area contributed by atoms with Crippen LogP contribution in [-0.2, 0) is 30.3 Å². The highest BCUT2D eigenvalue weighted by Gasteiger charge is 2.55. The summed E-state index contributed by atoms with van der Waals surface area (Å²) in [6.45, 7) is 4.15. The fourth-order valence-corrected chi connectivity index (χ4v) is 3.46. The van der Waals surface area contributed by atoms with Crippen molar-refractivity contribution in [2.75, 3.05) is 6.61 Å². The van der Waals surface area contributed by atoms with Crippen LogP contribution in [0.5, 0.6) is 0 Å². The number of carbonyl (C=O) groups is 1. The predicted molar refractivity (Wildman–Crippen MR) is 100 cm³/mol. The minimum absolute atomic E-state index is 0.0628. The molecule has 0 aromatic heterocycles. The Bertz CT molecular complexity index is 791. The van der Waals surface area contributed by atoms with Crippen LogP contribution in [0.4, 0.5) is 0 Å². The molecule has 6 nitrogen and oxygen atoms in total. The number of carbonyl (C=O) groups excluding carboxylic acids is 1. The molecule has 0 spiro atoms. The van der Waals surface area contributed by atoms with Gasteiger partial charge in [-0.2, -0.15) is 0 Å². The first-order valence-electron chi connectivity index (χ1n) is 9.41. The molecule has 148 valence electrons. The molecule has 2 aromatic carbocycles. The third-order valence-corrected chi connectivity index (χ3v) is 4.76. The molecule has 6 heteroatoms. The summed E-state index contributed by atoms with van der Waals surface area (Å²) >= 11 is 0. The van der Waals surface area contributed by atoms with E-state index in [4.69, 9.17) is 23.7 Å². The lowest BCUT2D eigenvalue weighted by molar-refractivity contribution is -0.222. The van der Waals surface area contributed by atoms with Gasteiger partial charge in [0.2, 0.25) is 0 Å². The van der Waals surface area contributed by atoms with E-state index in [0.29, 0.717) is 12.2 Å². The first kappa shape index (κ1) is 19.1. The number of hydrogen-bond acceptors (Lipinski definition) is 6. The first-order chi connectivity index (χ1) is 13.5. The van der Waals surface area contributed by atoms with Crippen molar-refractivity contribution in [3.05, 3.63) is 71.8 Å². The van der Waals surface area contributed by atoms with Crippen LogP contribution in [-0.4, -0.2) is 43.0 Å². The fraction of sp³-hybridized carbons (Fsp3) is 0.409. The quantitative estimate of drug-likeness (QED) is 0.712. The van der Waals surface area contributed by atoms with E-state index in [-0.39, 0.29) is 12.7 Å². The summed E-state index contributed by atoms with van der Waals surface area (Å²) in [7, 11) is 0. The molecule has 2 aromatic rings. The van der Waals surface area contributed by atoms with Crippen molar-refractivity contribution in [1.82, 2.24) is 0 Å². The lowest BCUT2D eigenvalue weighted by Crippen LogP contribution is -2.39. The van der Waals surface area contributed by atoms with Crippen molar-refractivity contribution in [1.29, 1.82) is 0 Å². The molecule has 2 fully saturated rings. The van der Waals surface area contributed by atoms with Crippen LogP contribution >= 0.6 is 0 Å². The van der Waals surface area contributed by atoms with Crippen LogP contribution in [0.15, 0.2) is 60.7 Å². The van der Waals surface area contributed by atoms with Gasteiger partial charge in [0.05, 0.1) is 12.2 Å². The molecule has 0 amide bonds. The number of fused-ring (bicyclic) bond motifs is 1. The highest BCUT2D eigenvalue weighted by molar-refractivity contribution is 5.89. The van der Waals surface area contributed by atoms with E-state index in [0.717, 1.165) is 5.56 Å². The second-order valence-electron chi connectivity index (χ2n) is 7.37. The topological polar surface area (TPSA) is 63.2 Å². The Morgan fingerprint density at radius 1 is 1.00 bits per heavy atom. The largest absolute Gasteiger partial charge is 0.459 e. The monoisotopic (exact) mass is 384 g/mol. The molecule has 28 heavy (non-hydrogen) atoms. The molecule has 0 bridgehead atoms. The average molecular weight is 384 g/mol. The van der Waals surface area contributed by atoms with E-state index in [1.165, 1.54) is 0 Å². The van der Waals surface area contributed by atoms with Crippen molar-refractivity contribution >= 4 is 5.97 Å². The molecule has 2 saturated heterocycles. The van der Waals surface area contributed by atoms with E-state index in [1.54, 1.807) is 24.3 Å². The van der Waals surface area contributed by atoms with Gasteiger partial charge in [0, 0.05) is 0 Å². The predicted octanol–water partition coefficient (Wildman–Crippen LogP) is 3.31. The van der Waals surface area contributed by atoms with Crippen LogP contribution in [0, 0.1) is 0 Å². The molecular formula is C22H24O6. The number of hydrogen-bond donors (Lipinski definition) is 0. The molecule has 2 heterocycles. The summed E-state index contributed by atoms with van der Waals surface area (Å²) in [6.07, 6.45) is -1.80. The van der Waals surface area contributed by atoms with Crippen molar-refractivity contribution in [3.63, 3.8) is 0 Å². The zero-order valence-corrected chi connectivity index (χ0v) is 15.9. The van der Waals surface area contributed by atoms with Gasteiger partial charge in [0.1, 0.15) is 24.9 Å². The summed E-state index contributed by atoms with van der Waals surface area (Å²) < 4.78 is 29.3. The molecule has 4 atom stereocenters. The SMILES string of the molecule is CC1(C)O[C@@H]2O[C@@H](COC(=O)c3ccccc3)[C@H](OCc3ccccc3)[C@@H]2O1. The van der Waals surface area contributed by atoms with E-state index in [9.17, 15) is 4.79 Å². The molecule has 4 rings (SSSR count). The van der Waals surface area contributed by atoms with E-state index >= 15 is 0 Å². The summed E-state index contributed by atoms with van der Waals surface area (Å²) in [5, 5.41) is 0. The summed E-state index contributed by atoms with van der Waals surface area (Å²) in [5.41, 5.74) is 1.54. The van der Waals surface area contributed by atoms with Gasteiger partial charge in [-0.05, 0) is 31.5 Å². The van der Waals surface area contributed by atoms with Gasteiger partial charge in [-0.3, -0.25) is 0 Å². The van der Waals surface area contributed by atoms with Crippen molar-refractivity contribution in [2.45, 2.75) is 50.8 Å². The number of benzene rings is 2. The van der Waals surface area contributed by atoms with Crippen molar-refractivity contribution < 1.29 is 28.5 Å². The van der Waals surface area contributed by atoms with Gasteiger partial charge >= 0.3 is 5.97 Å². The normalized spacial score (nSPS) is 28.1. The van der Waals surface area contributed by atoms with Crippen molar-refractivity contribution in [3.8, 4) is 0 Å². The molecular weight excluding hydrogens is 360 g/mol. The van der Waals surface area contributed by atoms with Crippen LogP contribution in [0.3, 0.4) is 0 Å². The minimum atomic E-state index is -0.741. The highest BCUT2D eigenvalue weighted by Crippen LogP contribution is 2.39. The number of ether oxygens (including phenoxy) is 5. The van der Waals surface area contributed by atoms with Gasteiger partial charge in [-0.25, -0.2) is 4.79 Å². The second-order valence-corrected chi connectivity index (χ2v) is 7.37. The maximum Gasteiger partial charge on any atom is 0.338 e. The molecule has 2 aliphatic heterocycles. The smallest absolute Gasteiger partial charge is 0.338 e. The Morgan fingerprint density at radius 2 is 1.68 bits per heavy atom. The van der Waals surface area contributed by atoms with Crippen LogP contribution in [0.25, 0.3) is 0 Å². The highest BCUT2D eigenvalue weighted by atomic mass is 16.8. The van der Waals surface area contributed by atoms with Gasteiger partial charge in [0.15, 0.2) is 12.1 Å². The average Bonchev–Trinajstić information content (AvgIpc) is 3.17. The van der Waals surface area contributed by atoms with Gasteiger partial charge < -0.3 is 23.7 Å². The standard InChI is InChI=1S/C22H24O6/c1-22(2)27-19-18(24-13-15-9-5-3-6-10-15)17(26-21(19)28-22)14-25-20(23)16-11-7-4-8-12-16/h3-12,17-19,21H,13-14H2,1-2H3/t17-,18-,19-,21-/m0/s1. The van der Waals surface area contributed by atoms with Gasteiger partial charge in [-0.1, -0.05) is 48.5 Å². The maximum absolute atomic E-state index is 12.3. The molecule has 0 N–H and O–H groups in total. The summed E-state index contributed by atoms with van der Waals surface area (Å²) in [5.74, 6) is -1.14. The lowest BCUT2D eigenvalue weighted by Gasteiger charge is -2.25. The van der Waals surface area contributed by atoms with Gasteiger partial charge in [-0.15, -0.1) is 0 Å². The zero-order valence-electron chi connectivity index (χ0n) is 15.9. The molecule has 0 radical (unpaired) electrons. The zero-order chi connectivity index (χ0) is 19.6. The molecule has 0 aliphatic carbocycles. The summed E-state index contributed by atoms with van der Waals surface area (Å²) in [4.78, 5) is 12.3. The van der Waals surface area contributed by atoms with Crippen LogP contribution < -0.4 is 0 Å². The lowest BCUT2D eigenvalue weighted by atomic mass is 10.1. The van der Waals surface area contributed by atoms with Crippen molar-refractivity contribution in [2.24, 2.45) is 0 Å². The Kier molecular flexibility index (Phi) is 5.46. The summed E-state index contributed by atoms with van der Waals surface area (Å²) in [6, 6.07) is 18.7. The van der Waals surface area contributed by atoms with E-state index in [2.05, 4.69) is 0 Å². The maximum atomic E-state index is 12.3. The molecule has 2 aliphatic rings. The van der Waals surface area contributed by atoms with E-state index in [1.807, 2.05) is 50.2 Å². The minimum Gasteiger partial charge on any atom is -0.459 e. The molecule has 0 unspecified atom stereocenters. The van der Waals surface area contributed by atoms with Gasteiger partial charge in [0.25, 0.3) is 0 Å².